The fourth-order valence-electron chi connectivity index (χ4n) is 3.05. The number of hydrogen-bond donors (Lipinski definition) is 0. The fraction of sp³-hybridized carbons (Fsp3) is 0.190. The lowest BCUT2D eigenvalue weighted by molar-refractivity contribution is -0.384. The standard InChI is InChI=1S/C21H19N3O4S2/c1-3-22(4-2)16-10-8-14(9-11-16)12-18-20(26)23(21(29)30-18)19(25)15-6-5-7-17(13-15)24(27)28/h5-13H,3-4H2,1-2H3/b18-12+. The van der Waals surface area contributed by atoms with E-state index in [0.29, 0.717) is 4.91 Å². The third kappa shape index (κ3) is 4.42. The van der Waals surface area contributed by atoms with Crippen molar-refractivity contribution >= 4 is 57.6 Å². The van der Waals surface area contributed by atoms with E-state index in [9.17, 15) is 19.7 Å². The number of rotatable bonds is 6. The number of imide groups is 1. The summed E-state index contributed by atoms with van der Waals surface area (Å²) in [6, 6.07) is 13.0. The van der Waals surface area contributed by atoms with E-state index >= 15 is 0 Å². The van der Waals surface area contributed by atoms with Gasteiger partial charge in [-0.3, -0.25) is 19.7 Å². The number of anilines is 1. The van der Waals surface area contributed by atoms with Gasteiger partial charge in [0.05, 0.1) is 9.83 Å². The van der Waals surface area contributed by atoms with Gasteiger partial charge in [-0.2, -0.15) is 0 Å². The number of thiocarbonyl (C=S) groups is 1. The molecule has 0 saturated carbocycles. The topological polar surface area (TPSA) is 83.8 Å². The van der Waals surface area contributed by atoms with Crippen molar-refractivity contribution in [1.82, 2.24) is 4.90 Å². The molecule has 0 bridgehead atoms. The Morgan fingerprint density at radius 2 is 1.87 bits per heavy atom. The van der Waals surface area contributed by atoms with Crippen molar-refractivity contribution < 1.29 is 14.5 Å². The van der Waals surface area contributed by atoms with E-state index < -0.39 is 16.7 Å². The van der Waals surface area contributed by atoms with Crippen LogP contribution in [0.4, 0.5) is 11.4 Å². The fourth-order valence-corrected chi connectivity index (χ4v) is 4.30. The van der Waals surface area contributed by atoms with Crippen LogP contribution in [0.2, 0.25) is 0 Å². The molecule has 1 fully saturated rings. The van der Waals surface area contributed by atoms with Crippen LogP contribution in [0.1, 0.15) is 29.8 Å². The summed E-state index contributed by atoms with van der Waals surface area (Å²) in [5.74, 6) is -1.21. The number of benzene rings is 2. The minimum Gasteiger partial charge on any atom is -0.372 e. The number of thioether (sulfide) groups is 1. The van der Waals surface area contributed by atoms with Crippen LogP contribution in [-0.4, -0.2) is 39.0 Å². The summed E-state index contributed by atoms with van der Waals surface area (Å²) in [4.78, 5) is 39.4. The first kappa shape index (κ1) is 21.7. The van der Waals surface area contributed by atoms with Crippen LogP contribution in [0.25, 0.3) is 6.08 Å². The molecule has 1 aliphatic heterocycles. The van der Waals surface area contributed by atoms with E-state index in [4.69, 9.17) is 12.2 Å². The Labute approximate surface area is 183 Å². The van der Waals surface area contributed by atoms with Crippen molar-refractivity contribution in [2.75, 3.05) is 18.0 Å². The average Bonchev–Trinajstić information content (AvgIpc) is 3.02. The van der Waals surface area contributed by atoms with Crippen molar-refractivity contribution in [3.63, 3.8) is 0 Å². The first-order chi connectivity index (χ1) is 14.3. The monoisotopic (exact) mass is 441 g/mol. The lowest BCUT2D eigenvalue weighted by Gasteiger charge is -2.20. The van der Waals surface area contributed by atoms with Crippen molar-refractivity contribution in [2.45, 2.75) is 13.8 Å². The Balaban J connectivity index is 1.83. The van der Waals surface area contributed by atoms with Crippen LogP contribution in [0.15, 0.2) is 53.4 Å². The predicted molar refractivity (Wildman–Crippen MR) is 122 cm³/mol. The molecule has 0 radical (unpaired) electrons. The molecule has 0 atom stereocenters. The van der Waals surface area contributed by atoms with Gasteiger partial charge in [-0.1, -0.05) is 42.2 Å². The van der Waals surface area contributed by atoms with Gasteiger partial charge < -0.3 is 4.90 Å². The number of carbonyl (C=O) groups is 2. The minimum absolute atomic E-state index is 0.0327. The minimum atomic E-state index is -0.679. The molecular formula is C21H19N3O4S2. The molecule has 0 unspecified atom stereocenters. The van der Waals surface area contributed by atoms with E-state index in [0.717, 1.165) is 47.1 Å². The van der Waals surface area contributed by atoms with Gasteiger partial charge in [-0.25, -0.2) is 4.90 Å². The maximum absolute atomic E-state index is 12.8. The number of non-ortho nitro benzene ring substituents is 1. The second-order valence-electron chi connectivity index (χ2n) is 6.39. The van der Waals surface area contributed by atoms with Crippen molar-refractivity contribution in [3.05, 3.63) is 74.7 Å². The molecule has 0 spiro atoms. The van der Waals surface area contributed by atoms with E-state index in [2.05, 4.69) is 18.7 Å². The van der Waals surface area contributed by atoms with Crippen LogP contribution in [-0.2, 0) is 4.79 Å². The highest BCUT2D eigenvalue weighted by Crippen LogP contribution is 2.34. The summed E-state index contributed by atoms with van der Waals surface area (Å²) in [5.41, 5.74) is 1.71. The second kappa shape index (κ2) is 9.19. The Hall–Kier alpha value is -3.04. The zero-order valence-corrected chi connectivity index (χ0v) is 18.0. The predicted octanol–water partition coefficient (Wildman–Crippen LogP) is 4.48. The Morgan fingerprint density at radius 3 is 2.47 bits per heavy atom. The molecule has 9 heteroatoms. The van der Waals surface area contributed by atoms with Crippen LogP contribution in [0.3, 0.4) is 0 Å². The van der Waals surface area contributed by atoms with Gasteiger partial charge in [-0.05, 0) is 43.7 Å². The highest BCUT2D eigenvalue weighted by Gasteiger charge is 2.37. The number of nitrogens with zero attached hydrogens (tertiary/aromatic N) is 3. The first-order valence-electron chi connectivity index (χ1n) is 9.27. The summed E-state index contributed by atoms with van der Waals surface area (Å²) in [6.07, 6.45) is 1.69. The normalized spacial score (nSPS) is 15.0. The highest BCUT2D eigenvalue weighted by molar-refractivity contribution is 8.26. The van der Waals surface area contributed by atoms with E-state index in [1.807, 2.05) is 24.3 Å². The second-order valence-corrected chi connectivity index (χ2v) is 8.07. The van der Waals surface area contributed by atoms with Gasteiger partial charge in [0.25, 0.3) is 17.5 Å². The lowest BCUT2D eigenvalue weighted by atomic mass is 10.1. The molecule has 30 heavy (non-hydrogen) atoms. The smallest absolute Gasteiger partial charge is 0.273 e. The number of nitro benzene ring substituents is 1. The van der Waals surface area contributed by atoms with Crippen molar-refractivity contribution in [1.29, 1.82) is 0 Å². The first-order valence-corrected chi connectivity index (χ1v) is 10.5. The van der Waals surface area contributed by atoms with Gasteiger partial charge in [0.2, 0.25) is 0 Å². The van der Waals surface area contributed by atoms with E-state index in [-0.39, 0.29) is 15.6 Å². The molecule has 7 nitrogen and oxygen atoms in total. The molecule has 1 aliphatic rings. The molecule has 3 rings (SSSR count). The molecule has 0 aliphatic carbocycles. The van der Waals surface area contributed by atoms with Crippen molar-refractivity contribution in [2.24, 2.45) is 0 Å². The lowest BCUT2D eigenvalue weighted by Crippen LogP contribution is -2.34. The Kier molecular flexibility index (Phi) is 6.63. The van der Waals surface area contributed by atoms with E-state index in [1.165, 1.54) is 18.2 Å². The van der Waals surface area contributed by atoms with Gasteiger partial charge in [0.1, 0.15) is 0 Å². The highest BCUT2D eigenvalue weighted by atomic mass is 32.2. The molecule has 154 valence electrons. The van der Waals surface area contributed by atoms with E-state index in [1.54, 1.807) is 6.08 Å². The number of hydrogen-bond acceptors (Lipinski definition) is 7. The van der Waals surface area contributed by atoms with Gasteiger partial charge >= 0.3 is 0 Å². The maximum Gasteiger partial charge on any atom is 0.273 e. The molecule has 1 saturated heterocycles. The number of amides is 2. The van der Waals surface area contributed by atoms with Crippen LogP contribution in [0, 0.1) is 10.1 Å². The van der Waals surface area contributed by atoms with Crippen LogP contribution >= 0.6 is 24.0 Å². The Morgan fingerprint density at radius 1 is 1.20 bits per heavy atom. The summed E-state index contributed by atoms with van der Waals surface area (Å²) in [7, 11) is 0. The zero-order valence-electron chi connectivity index (χ0n) is 16.4. The van der Waals surface area contributed by atoms with Crippen LogP contribution < -0.4 is 4.90 Å². The number of nitro groups is 1. The SMILES string of the molecule is CCN(CC)c1ccc(/C=C2/SC(=S)N(C(=O)c3cccc([N+](=O)[O-])c3)C2=O)cc1. The molecule has 1 heterocycles. The molecular weight excluding hydrogens is 422 g/mol. The summed E-state index contributed by atoms with van der Waals surface area (Å²) >= 11 is 6.26. The summed E-state index contributed by atoms with van der Waals surface area (Å²) in [6.45, 7) is 5.96. The van der Waals surface area contributed by atoms with Gasteiger partial charge in [0, 0.05) is 36.5 Å². The van der Waals surface area contributed by atoms with Gasteiger partial charge in [0.15, 0.2) is 4.32 Å². The molecule has 0 N–H and O–H groups in total. The van der Waals surface area contributed by atoms with Gasteiger partial charge in [-0.15, -0.1) is 0 Å². The summed E-state index contributed by atoms with van der Waals surface area (Å²) < 4.78 is 0.0996. The van der Waals surface area contributed by atoms with Crippen molar-refractivity contribution in [3.8, 4) is 0 Å². The summed E-state index contributed by atoms with van der Waals surface area (Å²) in [5, 5.41) is 11.0. The third-order valence-electron chi connectivity index (χ3n) is 4.62. The molecule has 0 aromatic heterocycles. The zero-order chi connectivity index (χ0) is 21.8. The Bertz CT molecular complexity index is 1050. The molecule has 2 aromatic carbocycles. The molecule has 2 amide bonds. The molecule has 2 aromatic rings. The van der Waals surface area contributed by atoms with Crippen LogP contribution in [0.5, 0.6) is 0 Å². The third-order valence-corrected chi connectivity index (χ3v) is 5.92. The number of carbonyl (C=O) groups excluding carboxylic acids is 2. The largest absolute Gasteiger partial charge is 0.372 e. The quantitative estimate of drug-likeness (QED) is 0.215. The average molecular weight is 442 g/mol. The maximum atomic E-state index is 12.8.